The SMILES string of the molecule is N[C@@H](CCC(=O)NCCOCCOCC(=O)NCCOCCOCC(=O)CCCCCCC[C@H](NF)C(=O)I)C(=O)O. The van der Waals surface area contributed by atoms with Crippen LogP contribution in [0.1, 0.15) is 57.8 Å². The third-order valence-electron chi connectivity index (χ3n) is 5.73. The van der Waals surface area contributed by atoms with Crippen molar-refractivity contribution in [1.82, 2.24) is 16.2 Å². The van der Waals surface area contributed by atoms with E-state index in [1.807, 2.05) is 0 Å². The van der Waals surface area contributed by atoms with Gasteiger partial charge in [-0.1, -0.05) is 25.7 Å². The number of carboxylic acids is 1. The van der Waals surface area contributed by atoms with Crippen LogP contribution in [0.15, 0.2) is 0 Å². The molecule has 0 saturated carbocycles. The summed E-state index contributed by atoms with van der Waals surface area (Å²) in [4.78, 5) is 56.8. The highest BCUT2D eigenvalue weighted by Gasteiger charge is 2.14. The van der Waals surface area contributed by atoms with Crippen LogP contribution >= 0.6 is 22.6 Å². The van der Waals surface area contributed by atoms with Crippen molar-refractivity contribution in [2.75, 3.05) is 65.9 Å². The molecule has 6 N–H and O–H groups in total. The van der Waals surface area contributed by atoms with Crippen LogP contribution in [0.5, 0.6) is 0 Å². The second-order valence-electron chi connectivity index (χ2n) is 9.32. The maximum absolute atomic E-state index is 12.4. The molecule has 0 rings (SSSR count). The standard InChI is InChI=1S/C26H46FIN4O10/c27-32-22(25(28)36)7-5-3-1-2-4-6-20(33)18-41-16-14-40-13-11-31-24(35)19-42-17-15-39-12-10-30-23(34)9-8-21(29)26(37)38/h21-22,32H,1-19,29H2,(H,30,34)(H,31,35)(H,37,38)/t21-,22-/m0/s1. The minimum atomic E-state index is -1.15. The van der Waals surface area contributed by atoms with Gasteiger partial charge in [0, 0.05) is 48.5 Å². The Kier molecular flexibility index (Phi) is 26.8. The fourth-order valence-electron chi connectivity index (χ4n) is 3.35. The summed E-state index contributed by atoms with van der Waals surface area (Å²) < 4.78 is 33.3. The molecule has 0 aliphatic heterocycles. The summed E-state index contributed by atoms with van der Waals surface area (Å²) in [6, 6.07) is -1.80. The Morgan fingerprint density at radius 1 is 0.714 bits per heavy atom. The Morgan fingerprint density at radius 3 is 1.86 bits per heavy atom. The van der Waals surface area contributed by atoms with Crippen molar-refractivity contribution >= 4 is 49.9 Å². The Hall–Kier alpha value is -1.83. The monoisotopic (exact) mass is 720 g/mol. The van der Waals surface area contributed by atoms with Crippen LogP contribution in [0.25, 0.3) is 0 Å². The fraction of sp³-hybridized carbons (Fsp3) is 0.808. The summed E-state index contributed by atoms with van der Waals surface area (Å²) in [6.45, 7) is 1.99. The molecule has 16 heteroatoms. The van der Waals surface area contributed by atoms with E-state index >= 15 is 0 Å². The van der Waals surface area contributed by atoms with Gasteiger partial charge in [-0.2, -0.15) is 0 Å². The van der Waals surface area contributed by atoms with E-state index in [0.29, 0.717) is 26.0 Å². The van der Waals surface area contributed by atoms with Gasteiger partial charge in [0.2, 0.25) is 15.6 Å². The number of Topliss-reactive ketones (excluding diaryl/α,β-unsaturated/α-hetero) is 1. The fourth-order valence-corrected chi connectivity index (χ4v) is 3.78. The predicted octanol–water partition coefficient (Wildman–Crippen LogP) is 0.581. The number of carbonyl (C=O) groups excluding carboxylic acids is 4. The summed E-state index contributed by atoms with van der Waals surface area (Å²) in [5.74, 6) is -1.74. The lowest BCUT2D eigenvalue weighted by atomic mass is 10.1. The van der Waals surface area contributed by atoms with Crippen LogP contribution in [0.3, 0.4) is 0 Å². The number of carboxylic acid groups (broad SMARTS) is 1. The lowest BCUT2D eigenvalue weighted by molar-refractivity contribution is -0.138. The van der Waals surface area contributed by atoms with Crippen LogP contribution in [-0.2, 0) is 42.9 Å². The molecule has 0 saturated heterocycles. The molecule has 0 aliphatic rings. The van der Waals surface area contributed by atoms with E-state index in [2.05, 4.69) is 10.6 Å². The van der Waals surface area contributed by atoms with E-state index in [1.165, 1.54) is 5.54 Å². The molecule has 244 valence electrons. The number of rotatable bonds is 30. The molecular formula is C26H46FIN4O10. The molecule has 0 aromatic carbocycles. The van der Waals surface area contributed by atoms with Gasteiger partial charge in [0.1, 0.15) is 25.3 Å². The number of carbonyl (C=O) groups is 5. The van der Waals surface area contributed by atoms with Crippen molar-refractivity contribution in [2.45, 2.75) is 69.9 Å². The van der Waals surface area contributed by atoms with Gasteiger partial charge in [0.25, 0.3) is 0 Å². The van der Waals surface area contributed by atoms with Crippen LogP contribution in [0, 0.1) is 0 Å². The first-order valence-corrected chi connectivity index (χ1v) is 15.1. The van der Waals surface area contributed by atoms with Gasteiger partial charge >= 0.3 is 5.97 Å². The molecular weight excluding hydrogens is 674 g/mol. The highest BCUT2D eigenvalue weighted by atomic mass is 127. The number of ketones is 1. The van der Waals surface area contributed by atoms with Crippen molar-refractivity contribution in [1.29, 1.82) is 0 Å². The van der Waals surface area contributed by atoms with Crippen molar-refractivity contribution < 1.29 is 52.5 Å². The van der Waals surface area contributed by atoms with Gasteiger partial charge in [0.05, 0.1) is 39.6 Å². The number of halogens is 2. The number of hydrogen-bond donors (Lipinski definition) is 5. The molecule has 2 atom stereocenters. The van der Waals surface area contributed by atoms with Gasteiger partial charge in [-0.25, -0.2) is 0 Å². The molecule has 0 unspecified atom stereocenters. The Balaban J connectivity index is 3.42. The second-order valence-corrected chi connectivity index (χ2v) is 10.4. The van der Waals surface area contributed by atoms with Crippen LogP contribution in [-0.4, -0.2) is 110 Å². The Morgan fingerprint density at radius 2 is 1.26 bits per heavy atom. The number of amides is 2. The molecule has 0 spiro atoms. The summed E-state index contributed by atoms with van der Waals surface area (Å²) in [6.07, 6.45) is 5.20. The number of nitrogens with two attached hydrogens (primary N) is 1. The van der Waals surface area contributed by atoms with Gasteiger partial charge in [-0.15, -0.1) is 10.0 Å². The van der Waals surface area contributed by atoms with E-state index in [-0.39, 0.29) is 87.0 Å². The first-order valence-electron chi connectivity index (χ1n) is 14.1. The molecule has 0 fully saturated rings. The molecule has 0 aromatic heterocycles. The van der Waals surface area contributed by atoms with E-state index in [9.17, 15) is 28.5 Å². The minimum absolute atomic E-state index is 0.0181. The maximum Gasteiger partial charge on any atom is 0.320 e. The maximum atomic E-state index is 12.4. The average Bonchev–Trinajstić information content (AvgIpc) is 2.95. The first kappa shape index (κ1) is 40.2. The zero-order chi connectivity index (χ0) is 31.4. The number of ether oxygens (including phenoxy) is 4. The van der Waals surface area contributed by atoms with Gasteiger partial charge in [-0.3, -0.25) is 24.0 Å². The third-order valence-corrected chi connectivity index (χ3v) is 6.48. The van der Waals surface area contributed by atoms with Crippen molar-refractivity contribution in [2.24, 2.45) is 5.73 Å². The smallest absolute Gasteiger partial charge is 0.320 e. The highest BCUT2D eigenvalue weighted by Crippen LogP contribution is 2.11. The summed E-state index contributed by atoms with van der Waals surface area (Å²) in [5, 5.41) is 13.9. The Bertz CT molecular complexity index is 781. The quantitative estimate of drug-likeness (QED) is 0.0299. The molecule has 0 radical (unpaired) electrons. The molecule has 14 nitrogen and oxygen atoms in total. The summed E-state index contributed by atoms with van der Waals surface area (Å²) in [7, 11) is 0. The number of nitrogens with one attached hydrogen (secondary N) is 3. The molecule has 42 heavy (non-hydrogen) atoms. The van der Waals surface area contributed by atoms with Crippen LogP contribution in [0.4, 0.5) is 4.48 Å². The molecule has 0 aromatic rings. The van der Waals surface area contributed by atoms with Crippen molar-refractivity contribution in [3.05, 3.63) is 0 Å². The van der Waals surface area contributed by atoms with E-state index in [0.717, 1.165) is 32.1 Å². The number of aliphatic carboxylic acids is 1. The highest BCUT2D eigenvalue weighted by molar-refractivity contribution is 14.1. The lowest BCUT2D eigenvalue weighted by Gasteiger charge is -2.09. The number of unbranched alkanes of at least 4 members (excludes halogenated alkanes) is 4. The predicted molar refractivity (Wildman–Crippen MR) is 159 cm³/mol. The van der Waals surface area contributed by atoms with E-state index < -0.39 is 18.1 Å². The summed E-state index contributed by atoms with van der Waals surface area (Å²) >= 11 is 1.58. The van der Waals surface area contributed by atoms with E-state index in [1.54, 1.807) is 22.6 Å². The van der Waals surface area contributed by atoms with Crippen LogP contribution in [0.2, 0.25) is 0 Å². The lowest BCUT2D eigenvalue weighted by Crippen LogP contribution is -2.33. The molecule has 0 bridgehead atoms. The third kappa shape index (κ3) is 25.8. The first-order chi connectivity index (χ1) is 20.2. The van der Waals surface area contributed by atoms with Crippen LogP contribution < -0.4 is 21.9 Å². The normalized spacial score (nSPS) is 12.5. The van der Waals surface area contributed by atoms with Crippen molar-refractivity contribution in [3.63, 3.8) is 0 Å². The Labute approximate surface area is 259 Å². The average molecular weight is 721 g/mol. The van der Waals surface area contributed by atoms with Gasteiger partial charge in [0.15, 0.2) is 5.78 Å². The second kappa shape index (κ2) is 28.0. The van der Waals surface area contributed by atoms with Gasteiger partial charge < -0.3 is 40.4 Å². The number of hydrogen-bond acceptors (Lipinski definition) is 11. The zero-order valence-electron chi connectivity index (χ0n) is 24.0. The molecule has 0 aliphatic carbocycles. The summed E-state index contributed by atoms with van der Waals surface area (Å²) in [5.41, 5.74) is 6.85. The largest absolute Gasteiger partial charge is 0.480 e. The van der Waals surface area contributed by atoms with E-state index in [4.69, 9.17) is 29.8 Å². The van der Waals surface area contributed by atoms with Crippen molar-refractivity contribution in [3.8, 4) is 0 Å². The zero-order valence-corrected chi connectivity index (χ0v) is 26.2. The van der Waals surface area contributed by atoms with Gasteiger partial charge in [-0.05, 0) is 19.3 Å². The topological polar surface area (TPSA) is 205 Å². The molecule has 0 heterocycles. The molecule has 2 amide bonds. The minimum Gasteiger partial charge on any atom is -0.480 e.